The number of fused-ring (bicyclic) bond motifs is 1. The number of nitrogens with zero attached hydrogens (tertiary/aromatic N) is 3. The number of aromatic nitrogens is 1. The lowest BCUT2D eigenvalue weighted by molar-refractivity contribution is -0.120. The van der Waals surface area contributed by atoms with Crippen LogP contribution in [0.3, 0.4) is 0 Å². The van der Waals surface area contributed by atoms with Crippen molar-refractivity contribution in [3.63, 3.8) is 0 Å². The molecule has 1 N–H and O–H groups in total. The van der Waals surface area contributed by atoms with E-state index in [1.54, 1.807) is 30.3 Å². The molecule has 0 radical (unpaired) electrons. The zero-order valence-corrected chi connectivity index (χ0v) is 13.9. The Morgan fingerprint density at radius 2 is 2.16 bits per heavy atom. The van der Waals surface area contributed by atoms with E-state index >= 15 is 0 Å². The molecule has 0 saturated carbocycles. The van der Waals surface area contributed by atoms with Crippen LogP contribution < -0.4 is 10.2 Å². The summed E-state index contributed by atoms with van der Waals surface area (Å²) in [5.41, 5.74) is 1.90. The highest BCUT2D eigenvalue weighted by Crippen LogP contribution is 2.33. The summed E-state index contributed by atoms with van der Waals surface area (Å²) in [5.74, 6) is -0.476. The van der Waals surface area contributed by atoms with Crippen molar-refractivity contribution in [3.8, 4) is 6.07 Å². The Bertz CT molecular complexity index is 1000. The lowest BCUT2D eigenvalue weighted by Crippen LogP contribution is -2.52. The predicted molar refractivity (Wildman–Crippen MR) is 95.1 cm³/mol. The van der Waals surface area contributed by atoms with Crippen LogP contribution in [0.25, 0.3) is 10.2 Å². The van der Waals surface area contributed by atoms with E-state index in [1.165, 1.54) is 23.5 Å². The molecule has 0 unspecified atom stereocenters. The first-order valence-corrected chi connectivity index (χ1v) is 8.56. The van der Waals surface area contributed by atoms with Gasteiger partial charge in [-0.3, -0.25) is 4.79 Å². The Kier molecular flexibility index (Phi) is 3.82. The predicted octanol–water partition coefficient (Wildman–Crippen LogP) is 3.38. The third kappa shape index (κ3) is 3.04. The smallest absolute Gasteiger partial charge is 0.231 e. The maximum Gasteiger partial charge on any atom is 0.231 e. The molecule has 2 heterocycles. The van der Waals surface area contributed by atoms with Gasteiger partial charge in [-0.05, 0) is 36.4 Å². The van der Waals surface area contributed by atoms with Gasteiger partial charge in [0.25, 0.3) is 0 Å². The first kappa shape index (κ1) is 15.5. The summed E-state index contributed by atoms with van der Waals surface area (Å²) in [6.45, 7) is 1.15. The van der Waals surface area contributed by atoms with Gasteiger partial charge in [0.2, 0.25) is 5.91 Å². The molecule has 1 amide bonds. The Labute approximate surface area is 147 Å². The summed E-state index contributed by atoms with van der Waals surface area (Å²) in [4.78, 5) is 18.8. The van der Waals surface area contributed by atoms with Crippen molar-refractivity contribution in [1.82, 2.24) is 4.98 Å². The number of rotatable bonds is 3. The Hall–Kier alpha value is -2.98. The molecule has 1 aromatic heterocycles. The first-order chi connectivity index (χ1) is 12.1. The van der Waals surface area contributed by atoms with Crippen molar-refractivity contribution >= 4 is 38.3 Å². The van der Waals surface area contributed by atoms with Gasteiger partial charge in [-0.1, -0.05) is 17.4 Å². The summed E-state index contributed by atoms with van der Waals surface area (Å²) in [5, 5.41) is 12.5. The van der Waals surface area contributed by atoms with Gasteiger partial charge in [-0.15, -0.1) is 0 Å². The van der Waals surface area contributed by atoms with Crippen LogP contribution in [0.15, 0.2) is 42.5 Å². The van der Waals surface area contributed by atoms with E-state index in [9.17, 15) is 9.18 Å². The van der Waals surface area contributed by atoms with Crippen LogP contribution in [0.5, 0.6) is 0 Å². The number of amides is 1. The minimum absolute atomic E-state index is 0.0708. The number of nitriles is 1. The number of carbonyl (C=O) groups is 1. The van der Waals surface area contributed by atoms with E-state index in [0.717, 1.165) is 15.3 Å². The molecule has 124 valence electrons. The van der Waals surface area contributed by atoms with E-state index in [4.69, 9.17) is 5.26 Å². The van der Waals surface area contributed by atoms with E-state index in [0.29, 0.717) is 24.3 Å². The SMILES string of the molecule is N#Cc1cccc(NC(=O)C2CN(c3nc4ccc(F)cc4s3)C2)c1. The maximum absolute atomic E-state index is 13.3. The molecule has 5 nitrogen and oxygen atoms in total. The second-order valence-electron chi connectivity index (χ2n) is 5.89. The summed E-state index contributed by atoms with van der Waals surface area (Å²) < 4.78 is 14.1. The minimum atomic E-state index is -0.275. The molecule has 0 spiro atoms. The van der Waals surface area contributed by atoms with Crippen molar-refractivity contribution in [1.29, 1.82) is 5.26 Å². The van der Waals surface area contributed by atoms with Crippen LogP contribution in [0.4, 0.5) is 15.2 Å². The number of benzene rings is 2. The van der Waals surface area contributed by atoms with Gasteiger partial charge in [-0.2, -0.15) is 5.26 Å². The summed E-state index contributed by atoms with van der Waals surface area (Å²) in [6, 6.07) is 13.4. The molecular formula is C18H13FN4OS. The van der Waals surface area contributed by atoms with Gasteiger partial charge in [-0.25, -0.2) is 9.37 Å². The molecule has 1 fully saturated rings. The topological polar surface area (TPSA) is 69.0 Å². The second kappa shape index (κ2) is 6.15. The Morgan fingerprint density at radius 3 is 2.96 bits per heavy atom. The van der Waals surface area contributed by atoms with Gasteiger partial charge in [0.05, 0.1) is 27.8 Å². The van der Waals surface area contributed by atoms with Crippen molar-refractivity contribution in [3.05, 3.63) is 53.8 Å². The average Bonchev–Trinajstić information content (AvgIpc) is 2.96. The third-order valence-electron chi connectivity index (χ3n) is 4.12. The van der Waals surface area contributed by atoms with E-state index < -0.39 is 0 Å². The fourth-order valence-corrected chi connectivity index (χ4v) is 3.74. The number of nitrogens with one attached hydrogen (secondary N) is 1. The van der Waals surface area contributed by atoms with Crippen LogP contribution in [-0.4, -0.2) is 24.0 Å². The standard InChI is InChI=1S/C18H13FN4OS/c19-13-4-5-15-16(7-13)25-18(22-15)23-9-12(10-23)17(24)21-14-3-1-2-11(6-14)8-20/h1-7,12H,9-10H2,(H,21,24). The number of hydrogen-bond acceptors (Lipinski definition) is 5. The minimum Gasteiger partial charge on any atom is -0.346 e. The molecule has 1 aliphatic heterocycles. The van der Waals surface area contributed by atoms with Crippen molar-refractivity contribution in [2.75, 3.05) is 23.3 Å². The highest BCUT2D eigenvalue weighted by Gasteiger charge is 2.34. The zero-order valence-electron chi connectivity index (χ0n) is 13.1. The molecule has 2 aromatic carbocycles. The quantitative estimate of drug-likeness (QED) is 0.784. The Morgan fingerprint density at radius 1 is 1.32 bits per heavy atom. The van der Waals surface area contributed by atoms with Crippen molar-refractivity contribution in [2.45, 2.75) is 0 Å². The average molecular weight is 352 g/mol. The van der Waals surface area contributed by atoms with Crippen molar-refractivity contribution < 1.29 is 9.18 Å². The molecule has 7 heteroatoms. The monoisotopic (exact) mass is 352 g/mol. The molecule has 25 heavy (non-hydrogen) atoms. The summed E-state index contributed by atoms with van der Waals surface area (Å²) in [7, 11) is 0. The van der Waals surface area contributed by atoms with Crippen LogP contribution in [0, 0.1) is 23.1 Å². The van der Waals surface area contributed by atoms with Gasteiger partial charge < -0.3 is 10.2 Å². The van der Waals surface area contributed by atoms with E-state index in [1.807, 2.05) is 11.0 Å². The van der Waals surface area contributed by atoms with Crippen LogP contribution in [0.2, 0.25) is 0 Å². The highest BCUT2D eigenvalue weighted by molar-refractivity contribution is 7.22. The largest absolute Gasteiger partial charge is 0.346 e. The molecule has 1 aliphatic rings. The van der Waals surface area contributed by atoms with Crippen LogP contribution in [0.1, 0.15) is 5.56 Å². The van der Waals surface area contributed by atoms with E-state index in [2.05, 4.69) is 10.3 Å². The third-order valence-corrected chi connectivity index (χ3v) is 5.20. The normalized spacial score (nSPS) is 14.2. The fraction of sp³-hybridized carbons (Fsp3) is 0.167. The number of thiazole rings is 1. The number of hydrogen-bond donors (Lipinski definition) is 1. The number of halogens is 1. The second-order valence-corrected chi connectivity index (χ2v) is 6.90. The van der Waals surface area contributed by atoms with Crippen molar-refractivity contribution in [2.24, 2.45) is 5.92 Å². The molecule has 3 aromatic rings. The Balaban J connectivity index is 1.40. The zero-order chi connectivity index (χ0) is 17.4. The van der Waals surface area contributed by atoms with Crippen LogP contribution in [-0.2, 0) is 4.79 Å². The first-order valence-electron chi connectivity index (χ1n) is 7.74. The molecule has 0 atom stereocenters. The van der Waals surface area contributed by atoms with Gasteiger partial charge in [0.1, 0.15) is 5.82 Å². The van der Waals surface area contributed by atoms with Gasteiger partial charge >= 0.3 is 0 Å². The molecule has 1 saturated heterocycles. The molecule has 0 bridgehead atoms. The summed E-state index contributed by atoms with van der Waals surface area (Å²) in [6.07, 6.45) is 0. The molecule has 0 aliphatic carbocycles. The number of anilines is 2. The van der Waals surface area contributed by atoms with Crippen LogP contribution >= 0.6 is 11.3 Å². The molecule has 4 rings (SSSR count). The van der Waals surface area contributed by atoms with Gasteiger partial charge in [0.15, 0.2) is 5.13 Å². The molecular weight excluding hydrogens is 339 g/mol. The number of carbonyl (C=O) groups excluding carboxylic acids is 1. The van der Waals surface area contributed by atoms with E-state index in [-0.39, 0.29) is 17.6 Å². The fourth-order valence-electron chi connectivity index (χ4n) is 2.73. The highest BCUT2D eigenvalue weighted by atomic mass is 32.1. The maximum atomic E-state index is 13.3. The summed E-state index contributed by atoms with van der Waals surface area (Å²) >= 11 is 1.43. The lowest BCUT2D eigenvalue weighted by atomic mass is 10.00. The van der Waals surface area contributed by atoms with Gasteiger partial charge in [0, 0.05) is 18.8 Å². The lowest BCUT2D eigenvalue weighted by Gasteiger charge is -2.37.